The molecular formula is C37H26N6O. The third kappa shape index (κ3) is 3.90. The minimum Gasteiger partial charge on any atom is -0.416 e. The summed E-state index contributed by atoms with van der Waals surface area (Å²) in [4.78, 5) is 8.45. The molecule has 7 heteroatoms. The number of aromatic nitrogens is 5. The molecule has 0 atom stereocenters. The van der Waals surface area contributed by atoms with Gasteiger partial charge in [0.15, 0.2) is 0 Å². The van der Waals surface area contributed by atoms with E-state index in [9.17, 15) is 0 Å². The summed E-state index contributed by atoms with van der Waals surface area (Å²) < 4.78 is 10.8. The third-order valence-corrected chi connectivity index (χ3v) is 7.99. The molecule has 8 aromatic rings. The zero-order valence-corrected chi connectivity index (χ0v) is 23.9. The summed E-state index contributed by atoms with van der Waals surface area (Å²) in [6.07, 6.45) is 9.46. The van der Waals surface area contributed by atoms with Gasteiger partial charge in [-0.1, -0.05) is 54.6 Å². The minimum absolute atomic E-state index is 0.455. The predicted molar refractivity (Wildman–Crippen MR) is 179 cm³/mol. The van der Waals surface area contributed by atoms with Gasteiger partial charge in [-0.15, -0.1) is 10.2 Å². The lowest BCUT2D eigenvalue weighted by Crippen LogP contribution is -1.96. The molecule has 4 heterocycles. The van der Waals surface area contributed by atoms with Gasteiger partial charge in [0.25, 0.3) is 0 Å². The van der Waals surface area contributed by atoms with Crippen LogP contribution in [-0.4, -0.2) is 31.0 Å². The molecule has 0 fully saturated rings. The first kappa shape index (κ1) is 25.6. The molecular weight excluding hydrogens is 544 g/mol. The highest BCUT2D eigenvalue weighted by atomic mass is 16.4. The Labute approximate surface area is 252 Å². The molecule has 4 aromatic carbocycles. The van der Waals surface area contributed by atoms with E-state index in [-0.39, 0.29) is 0 Å². The molecule has 8 rings (SSSR count). The number of para-hydroxylation sites is 3. The van der Waals surface area contributed by atoms with Crippen LogP contribution in [0.5, 0.6) is 0 Å². The molecule has 0 radical (unpaired) electrons. The monoisotopic (exact) mass is 570 g/mol. The highest BCUT2D eigenvalue weighted by Crippen LogP contribution is 2.39. The number of hydrogen-bond donors (Lipinski definition) is 0. The Morgan fingerprint density at radius 3 is 2.32 bits per heavy atom. The molecule has 44 heavy (non-hydrogen) atoms. The van der Waals surface area contributed by atoms with Gasteiger partial charge in [0.05, 0.1) is 51.4 Å². The Morgan fingerprint density at radius 1 is 0.773 bits per heavy atom. The Balaban J connectivity index is 1.31. The Hall–Kier alpha value is -6.08. The van der Waals surface area contributed by atoms with Crippen molar-refractivity contribution in [3.63, 3.8) is 0 Å². The molecule has 0 saturated carbocycles. The van der Waals surface area contributed by atoms with E-state index >= 15 is 0 Å². The lowest BCUT2D eigenvalue weighted by Gasteiger charge is -2.09. The largest absolute Gasteiger partial charge is 0.416 e. The highest BCUT2D eigenvalue weighted by Gasteiger charge is 2.21. The van der Waals surface area contributed by atoms with Crippen LogP contribution < -0.4 is 0 Å². The van der Waals surface area contributed by atoms with Crippen molar-refractivity contribution in [2.24, 2.45) is 4.99 Å². The van der Waals surface area contributed by atoms with Crippen molar-refractivity contribution in [3.05, 3.63) is 128 Å². The van der Waals surface area contributed by atoms with E-state index in [0.717, 1.165) is 66.1 Å². The predicted octanol–water partition coefficient (Wildman–Crippen LogP) is 9.08. The fourth-order valence-corrected chi connectivity index (χ4v) is 6.22. The van der Waals surface area contributed by atoms with Crippen molar-refractivity contribution < 1.29 is 4.42 Å². The third-order valence-electron chi connectivity index (χ3n) is 7.99. The Bertz CT molecular complexity index is 2420. The quantitative estimate of drug-likeness (QED) is 0.148. The molecule has 0 saturated heterocycles. The molecule has 0 aliphatic carbocycles. The number of benzene rings is 4. The fourth-order valence-electron chi connectivity index (χ4n) is 6.22. The summed E-state index contributed by atoms with van der Waals surface area (Å²) in [6.45, 7) is 5.67. The molecule has 0 unspecified atom stereocenters. The average Bonchev–Trinajstić information content (AvgIpc) is 3.78. The van der Waals surface area contributed by atoms with Gasteiger partial charge in [-0.25, -0.2) is 0 Å². The number of allylic oxidation sites excluding steroid dienone is 3. The summed E-state index contributed by atoms with van der Waals surface area (Å²) >= 11 is 0. The normalized spacial score (nSPS) is 12.3. The summed E-state index contributed by atoms with van der Waals surface area (Å²) in [7, 11) is 0. The second kappa shape index (κ2) is 10.3. The molecule has 210 valence electrons. The topological polar surface area (TPSA) is 74.0 Å². The van der Waals surface area contributed by atoms with E-state index in [1.165, 1.54) is 0 Å². The molecule has 0 bridgehead atoms. The maximum atomic E-state index is 6.44. The molecule has 0 aliphatic rings. The van der Waals surface area contributed by atoms with Crippen LogP contribution in [0.4, 0.5) is 0 Å². The van der Waals surface area contributed by atoms with Crippen molar-refractivity contribution in [2.45, 2.75) is 6.92 Å². The van der Waals surface area contributed by atoms with E-state index in [0.29, 0.717) is 11.8 Å². The fraction of sp³-hybridized carbons (Fsp3) is 0.0270. The number of pyridine rings is 1. The highest BCUT2D eigenvalue weighted by molar-refractivity contribution is 6.13. The van der Waals surface area contributed by atoms with Crippen LogP contribution in [0.2, 0.25) is 0 Å². The van der Waals surface area contributed by atoms with Gasteiger partial charge in [-0.05, 0) is 68.2 Å². The van der Waals surface area contributed by atoms with Gasteiger partial charge >= 0.3 is 0 Å². The van der Waals surface area contributed by atoms with E-state index in [4.69, 9.17) is 4.42 Å². The lowest BCUT2D eigenvalue weighted by molar-refractivity contribution is 0.585. The summed E-state index contributed by atoms with van der Waals surface area (Å²) in [5.41, 5.74) is 7.80. The van der Waals surface area contributed by atoms with Crippen molar-refractivity contribution in [1.29, 1.82) is 0 Å². The maximum Gasteiger partial charge on any atom is 0.250 e. The zero-order chi connectivity index (χ0) is 29.6. The van der Waals surface area contributed by atoms with Gasteiger partial charge in [0, 0.05) is 33.3 Å². The Kier molecular flexibility index (Phi) is 6.01. The smallest absolute Gasteiger partial charge is 0.250 e. The summed E-state index contributed by atoms with van der Waals surface area (Å²) in [5.74, 6) is 0.910. The van der Waals surface area contributed by atoms with Crippen LogP contribution >= 0.6 is 0 Å². The van der Waals surface area contributed by atoms with Crippen LogP contribution in [0.3, 0.4) is 0 Å². The number of rotatable bonds is 6. The van der Waals surface area contributed by atoms with Crippen LogP contribution in [0.15, 0.2) is 137 Å². The number of nitrogens with zero attached hydrogens (tertiary/aromatic N) is 6. The second-order valence-corrected chi connectivity index (χ2v) is 10.5. The molecule has 4 aromatic heterocycles. The average molecular weight is 571 g/mol. The summed E-state index contributed by atoms with van der Waals surface area (Å²) in [6, 6.07) is 33.2. The number of aliphatic imine (C=N–C) groups is 1. The SMILES string of the molecule is C=N/C=C(\C=C/C)n1c2ccccc2c2cc(-c3nnc(-c4cccc5c6ccccc6n(-c6cccnc6)c45)o3)ccc21. The molecule has 0 N–H and O–H groups in total. The van der Waals surface area contributed by atoms with E-state index in [2.05, 4.69) is 103 Å². The molecule has 0 aliphatic heterocycles. The van der Waals surface area contributed by atoms with Crippen LogP contribution in [-0.2, 0) is 0 Å². The van der Waals surface area contributed by atoms with Gasteiger partial charge in [0.2, 0.25) is 11.8 Å². The van der Waals surface area contributed by atoms with Crippen molar-refractivity contribution in [1.82, 2.24) is 24.3 Å². The first-order valence-corrected chi connectivity index (χ1v) is 14.4. The maximum absolute atomic E-state index is 6.44. The van der Waals surface area contributed by atoms with E-state index < -0.39 is 0 Å². The van der Waals surface area contributed by atoms with Gasteiger partial charge < -0.3 is 13.6 Å². The van der Waals surface area contributed by atoms with Gasteiger partial charge in [0.1, 0.15) is 0 Å². The minimum atomic E-state index is 0.455. The second-order valence-electron chi connectivity index (χ2n) is 10.5. The molecule has 7 nitrogen and oxygen atoms in total. The first-order chi connectivity index (χ1) is 21.8. The number of fused-ring (bicyclic) bond motifs is 6. The van der Waals surface area contributed by atoms with Crippen molar-refractivity contribution in [2.75, 3.05) is 0 Å². The Morgan fingerprint density at radius 2 is 1.52 bits per heavy atom. The van der Waals surface area contributed by atoms with Crippen LogP contribution in [0.1, 0.15) is 6.92 Å². The van der Waals surface area contributed by atoms with Crippen LogP contribution in [0, 0.1) is 0 Å². The lowest BCUT2D eigenvalue weighted by atomic mass is 10.1. The van der Waals surface area contributed by atoms with E-state index in [1.54, 1.807) is 12.4 Å². The first-order valence-electron chi connectivity index (χ1n) is 14.4. The van der Waals surface area contributed by atoms with Gasteiger partial charge in [-0.2, -0.15) is 0 Å². The summed E-state index contributed by atoms with van der Waals surface area (Å²) in [5, 5.41) is 13.5. The van der Waals surface area contributed by atoms with E-state index in [1.807, 2.05) is 55.6 Å². The van der Waals surface area contributed by atoms with Gasteiger partial charge in [-0.3, -0.25) is 9.98 Å². The number of hydrogen-bond acceptors (Lipinski definition) is 5. The van der Waals surface area contributed by atoms with Crippen molar-refractivity contribution in [3.8, 4) is 28.6 Å². The van der Waals surface area contributed by atoms with Crippen LogP contribution in [0.25, 0.3) is 77.9 Å². The molecule has 0 spiro atoms. The molecule has 0 amide bonds. The standard InChI is InChI=1S/C37H26N6O/c1-3-10-25(22-38-2)42-32-16-6-5-13-28(32)31-21-24(18-19-34(31)42)36-40-41-37(44-36)30-15-8-14-29-27-12-4-7-17-33(27)43(35(29)30)26-11-9-20-39-23-26/h3-23H,2H2,1H3/b10-3-,25-22+. The van der Waals surface area contributed by atoms with Crippen molar-refractivity contribution >= 4 is 56.0 Å². The zero-order valence-electron chi connectivity index (χ0n) is 23.9.